The third-order valence-electron chi connectivity index (χ3n) is 2.93. The second-order valence-corrected chi connectivity index (χ2v) is 5.58. The summed E-state index contributed by atoms with van der Waals surface area (Å²) in [4.78, 5) is 10.0. The largest absolute Gasteiger partial charge is 0.373 e. The van der Waals surface area contributed by atoms with Crippen LogP contribution in [-0.2, 0) is 6.42 Å². The molecule has 4 heteroatoms. The van der Waals surface area contributed by atoms with Crippen molar-refractivity contribution in [3.8, 4) is 0 Å². The van der Waals surface area contributed by atoms with Crippen LogP contribution in [0.1, 0.15) is 31.7 Å². The van der Waals surface area contributed by atoms with Crippen molar-refractivity contribution in [3.63, 3.8) is 0 Å². The molecule has 1 aromatic rings. The molecule has 2 rings (SSSR count). The number of aryl methyl sites for hydroxylation is 1. The highest BCUT2D eigenvalue weighted by atomic mass is 32.2. The highest BCUT2D eigenvalue weighted by Gasteiger charge is 2.05. The van der Waals surface area contributed by atoms with Gasteiger partial charge in [0.25, 0.3) is 0 Å². The van der Waals surface area contributed by atoms with E-state index in [1.165, 1.54) is 23.3 Å². The number of nitrogens with zero attached hydrogens (tertiary/aromatic N) is 2. The normalized spacial score (nSPS) is 15.1. The number of nitrogens with one attached hydrogen (secondary N) is 1. The lowest BCUT2D eigenvalue weighted by Gasteiger charge is -2.14. The smallest absolute Gasteiger partial charge is 0.107 e. The summed E-state index contributed by atoms with van der Waals surface area (Å²) in [5.41, 5.74) is 1.35. The number of pyridine rings is 1. The zero-order valence-corrected chi connectivity index (χ0v) is 11.8. The van der Waals surface area contributed by atoms with Gasteiger partial charge in [-0.1, -0.05) is 13.3 Å². The van der Waals surface area contributed by atoms with E-state index < -0.39 is 0 Å². The SMILES string of the molecule is CCCCc1cncc(SCC2=NCCCN2)c1. The van der Waals surface area contributed by atoms with Gasteiger partial charge in [0, 0.05) is 30.4 Å². The third kappa shape index (κ3) is 4.33. The van der Waals surface area contributed by atoms with Gasteiger partial charge in [-0.2, -0.15) is 0 Å². The Balaban J connectivity index is 1.86. The van der Waals surface area contributed by atoms with E-state index in [2.05, 4.69) is 28.3 Å². The first kappa shape index (κ1) is 13.4. The molecule has 3 nitrogen and oxygen atoms in total. The molecule has 0 unspecified atom stereocenters. The number of amidine groups is 1. The van der Waals surface area contributed by atoms with Crippen LogP contribution in [0, 0.1) is 0 Å². The summed E-state index contributed by atoms with van der Waals surface area (Å²) in [6.45, 7) is 4.25. The van der Waals surface area contributed by atoms with Gasteiger partial charge in [0.1, 0.15) is 5.84 Å². The Labute approximate surface area is 113 Å². The monoisotopic (exact) mass is 263 g/mol. The van der Waals surface area contributed by atoms with E-state index in [1.54, 1.807) is 0 Å². The molecule has 0 aromatic carbocycles. The van der Waals surface area contributed by atoms with Gasteiger partial charge in [-0.05, 0) is 30.9 Å². The minimum Gasteiger partial charge on any atom is -0.373 e. The molecule has 0 fully saturated rings. The number of hydrogen-bond donors (Lipinski definition) is 1. The maximum Gasteiger partial charge on any atom is 0.107 e. The molecular weight excluding hydrogens is 242 g/mol. The van der Waals surface area contributed by atoms with Crippen molar-refractivity contribution in [2.45, 2.75) is 37.5 Å². The predicted molar refractivity (Wildman–Crippen MR) is 78.5 cm³/mol. The van der Waals surface area contributed by atoms with Crippen molar-refractivity contribution in [3.05, 3.63) is 24.0 Å². The minimum absolute atomic E-state index is 0.929. The average molecular weight is 263 g/mol. The number of aromatic nitrogens is 1. The predicted octanol–water partition coefficient (Wildman–Crippen LogP) is 2.91. The molecule has 0 amide bonds. The lowest BCUT2D eigenvalue weighted by molar-refractivity contribution is 0.740. The quantitative estimate of drug-likeness (QED) is 0.802. The van der Waals surface area contributed by atoms with Crippen molar-refractivity contribution in [1.29, 1.82) is 0 Å². The molecule has 1 aliphatic rings. The van der Waals surface area contributed by atoms with Crippen LogP contribution in [0.5, 0.6) is 0 Å². The van der Waals surface area contributed by atoms with Crippen molar-refractivity contribution in [2.75, 3.05) is 18.8 Å². The average Bonchev–Trinajstić information content (AvgIpc) is 2.44. The number of hydrogen-bond acceptors (Lipinski definition) is 4. The molecule has 2 heterocycles. The lowest BCUT2D eigenvalue weighted by Crippen LogP contribution is -2.31. The van der Waals surface area contributed by atoms with Gasteiger partial charge >= 0.3 is 0 Å². The fraction of sp³-hybridized carbons (Fsp3) is 0.571. The van der Waals surface area contributed by atoms with Crippen LogP contribution in [0.15, 0.2) is 28.3 Å². The van der Waals surface area contributed by atoms with E-state index in [9.17, 15) is 0 Å². The van der Waals surface area contributed by atoms with Crippen LogP contribution in [0.3, 0.4) is 0 Å². The summed E-state index contributed by atoms with van der Waals surface area (Å²) in [7, 11) is 0. The van der Waals surface area contributed by atoms with Gasteiger partial charge in [0.05, 0.1) is 5.75 Å². The second-order valence-electron chi connectivity index (χ2n) is 4.53. The first-order valence-corrected chi connectivity index (χ1v) is 7.71. The van der Waals surface area contributed by atoms with Gasteiger partial charge in [0.15, 0.2) is 0 Å². The highest BCUT2D eigenvalue weighted by molar-refractivity contribution is 8.00. The Morgan fingerprint density at radius 2 is 2.33 bits per heavy atom. The van der Waals surface area contributed by atoms with E-state index in [0.29, 0.717) is 0 Å². The number of rotatable bonds is 6. The number of unbranched alkanes of at least 4 members (excludes halogenated alkanes) is 1. The Morgan fingerprint density at radius 3 is 3.11 bits per heavy atom. The molecule has 0 bridgehead atoms. The Hall–Kier alpha value is -1.03. The van der Waals surface area contributed by atoms with Crippen molar-refractivity contribution < 1.29 is 0 Å². The van der Waals surface area contributed by atoms with Crippen LogP contribution in [0.25, 0.3) is 0 Å². The maximum absolute atomic E-state index is 4.48. The third-order valence-corrected chi connectivity index (χ3v) is 3.91. The minimum atomic E-state index is 0.929. The van der Waals surface area contributed by atoms with Gasteiger partial charge in [-0.3, -0.25) is 9.98 Å². The number of aliphatic imine (C=N–C) groups is 1. The fourth-order valence-corrected chi connectivity index (χ4v) is 2.76. The Bertz CT molecular complexity index is 404. The molecular formula is C14H21N3S. The molecule has 0 aliphatic carbocycles. The Kier molecular flexibility index (Phi) is 5.52. The summed E-state index contributed by atoms with van der Waals surface area (Å²) in [5.74, 6) is 2.06. The van der Waals surface area contributed by atoms with E-state index in [-0.39, 0.29) is 0 Å². The van der Waals surface area contributed by atoms with Gasteiger partial charge < -0.3 is 5.32 Å². The second kappa shape index (κ2) is 7.41. The van der Waals surface area contributed by atoms with Crippen LogP contribution in [0.4, 0.5) is 0 Å². The van der Waals surface area contributed by atoms with Gasteiger partial charge in [0.2, 0.25) is 0 Å². The summed E-state index contributed by atoms with van der Waals surface area (Å²) in [6, 6.07) is 2.26. The van der Waals surface area contributed by atoms with Crippen LogP contribution in [0.2, 0.25) is 0 Å². The van der Waals surface area contributed by atoms with E-state index in [1.807, 2.05) is 24.2 Å². The molecule has 0 saturated carbocycles. The summed E-state index contributed by atoms with van der Waals surface area (Å²) >= 11 is 1.82. The van der Waals surface area contributed by atoms with Crippen molar-refractivity contribution >= 4 is 17.6 Å². The molecule has 0 spiro atoms. The molecule has 18 heavy (non-hydrogen) atoms. The molecule has 0 atom stereocenters. The Morgan fingerprint density at radius 1 is 1.39 bits per heavy atom. The first-order valence-electron chi connectivity index (χ1n) is 6.72. The van der Waals surface area contributed by atoms with Crippen LogP contribution >= 0.6 is 11.8 Å². The van der Waals surface area contributed by atoms with E-state index in [4.69, 9.17) is 0 Å². The molecule has 98 valence electrons. The topological polar surface area (TPSA) is 37.3 Å². The summed E-state index contributed by atoms with van der Waals surface area (Å²) in [6.07, 6.45) is 8.70. The van der Waals surface area contributed by atoms with Crippen molar-refractivity contribution in [1.82, 2.24) is 10.3 Å². The summed E-state index contributed by atoms with van der Waals surface area (Å²) < 4.78 is 0. The standard InChI is InChI=1S/C14H21N3S/c1-2-3-5-12-8-13(10-15-9-12)18-11-14-16-6-4-7-17-14/h8-10H,2-7,11H2,1H3,(H,16,17). The zero-order valence-electron chi connectivity index (χ0n) is 11.0. The maximum atomic E-state index is 4.48. The van der Waals surface area contributed by atoms with Gasteiger partial charge in [-0.15, -0.1) is 11.8 Å². The summed E-state index contributed by atoms with van der Waals surface area (Å²) in [5, 5.41) is 3.35. The molecule has 1 aromatic heterocycles. The zero-order chi connectivity index (χ0) is 12.6. The van der Waals surface area contributed by atoms with Crippen molar-refractivity contribution in [2.24, 2.45) is 4.99 Å². The van der Waals surface area contributed by atoms with E-state index >= 15 is 0 Å². The first-order chi connectivity index (χ1) is 8.88. The lowest BCUT2D eigenvalue weighted by atomic mass is 10.1. The highest BCUT2D eigenvalue weighted by Crippen LogP contribution is 2.19. The van der Waals surface area contributed by atoms with Crippen LogP contribution in [-0.4, -0.2) is 29.7 Å². The van der Waals surface area contributed by atoms with E-state index in [0.717, 1.165) is 37.5 Å². The van der Waals surface area contributed by atoms with Gasteiger partial charge in [-0.25, -0.2) is 0 Å². The fourth-order valence-electron chi connectivity index (χ4n) is 1.89. The molecule has 1 aliphatic heterocycles. The van der Waals surface area contributed by atoms with Crippen LogP contribution < -0.4 is 5.32 Å². The molecule has 1 N–H and O–H groups in total. The molecule has 0 saturated heterocycles. The number of thioether (sulfide) groups is 1. The molecule has 0 radical (unpaired) electrons.